The van der Waals surface area contributed by atoms with Crippen molar-refractivity contribution in [3.63, 3.8) is 0 Å². The number of urea groups is 1. The number of hydrogen-bond donors (Lipinski definition) is 2. The van der Waals surface area contributed by atoms with Crippen LogP contribution in [0.3, 0.4) is 0 Å². The van der Waals surface area contributed by atoms with Crippen LogP contribution in [0.15, 0.2) is 18.2 Å². The van der Waals surface area contributed by atoms with Gasteiger partial charge in [-0.3, -0.25) is 10.1 Å². The molecule has 150 valence electrons. The van der Waals surface area contributed by atoms with E-state index in [1.165, 1.54) is 18.4 Å². The minimum atomic E-state index is -0.281. The van der Waals surface area contributed by atoms with Crippen molar-refractivity contribution < 1.29 is 19.1 Å². The fourth-order valence-electron chi connectivity index (χ4n) is 2.96. The van der Waals surface area contributed by atoms with Crippen molar-refractivity contribution in [1.82, 2.24) is 15.2 Å². The lowest BCUT2D eigenvalue weighted by Crippen LogP contribution is -2.35. The zero-order chi connectivity index (χ0) is 20.3. The molecule has 0 atom stereocenters. The van der Waals surface area contributed by atoms with E-state index in [1.54, 1.807) is 30.2 Å². The van der Waals surface area contributed by atoms with Gasteiger partial charge in [0.1, 0.15) is 11.5 Å². The molecule has 3 amide bonds. The van der Waals surface area contributed by atoms with Crippen LogP contribution in [-0.4, -0.2) is 48.6 Å². The summed E-state index contributed by atoms with van der Waals surface area (Å²) in [6.45, 7) is 4.80. The van der Waals surface area contributed by atoms with Gasteiger partial charge in [0.15, 0.2) is 5.13 Å². The Bertz CT molecular complexity index is 881. The second-order valence-corrected chi connectivity index (χ2v) is 7.77. The van der Waals surface area contributed by atoms with Gasteiger partial charge in [0.05, 0.1) is 32.0 Å². The number of carbonyl (C=O) groups excluding carboxylic acids is 2. The van der Waals surface area contributed by atoms with E-state index in [-0.39, 0.29) is 18.0 Å². The summed E-state index contributed by atoms with van der Waals surface area (Å²) in [5, 5.41) is 6.07. The lowest BCUT2D eigenvalue weighted by atomic mass is 10.1. The normalized spacial score (nSPS) is 13.1. The number of amides is 3. The Morgan fingerprint density at radius 1 is 1.25 bits per heavy atom. The third kappa shape index (κ3) is 4.36. The Morgan fingerprint density at radius 3 is 2.71 bits per heavy atom. The van der Waals surface area contributed by atoms with Gasteiger partial charge in [-0.2, -0.15) is 0 Å². The molecule has 2 heterocycles. The largest absolute Gasteiger partial charge is 0.497 e. The van der Waals surface area contributed by atoms with Crippen LogP contribution in [0.4, 0.5) is 9.93 Å². The van der Waals surface area contributed by atoms with E-state index in [2.05, 4.69) is 15.6 Å². The monoisotopic (exact) mass is 404 g/mol. The average Bonchev–Trinajstić information content (AvgIpc) is 3.07. The molecule has 1 aromatic heterocycles. The number of rotatable bonds is 5. The Kier molecular flexibility index (Phi) is 6.03. The molecule has 8 nitrogen and oxygen atoms in total. The molecule has 2 aromatic rings. The van der Waals surface area contributed by atoms with Crippen molar-refractivity contribution in [2.45, 2.75) is 32.9 Å². The summed E-state index contributed by atoms with van der Waals surface area (Å²) in [4.78, 5) is 32.1. The van der Waals surface area contributed by atoms with Gasteiger partial charge in [-0.05, 0) is 26.0 Å². The summed E-state index contributed by atoms with van der Waals surface area (Å²) in [5.41, 5.74) is 1.42. The maximum Gasteiger partial charge on any atom is 0.321 e. The number of nitrogens with one attached hydrogen (secondary N) is 2. The molecule has 0 spiro atoms. The molecule has 0 radical (unpaired) electrons. The van der Waals surface area contributed by atoms with Gasteiger partial charge in [-0.15, -0.1) is 0 Å². The molecule has 0 saturated carbocycles. The molecule has 0 aliphatic carbocycles. The highest BCUT2D eigenvalue weighted by atomic mass is 32.1. The molecule has 2 N–H and O–H groups in total. The van der Waals surface area contributed by atoms with E-state index < -0.39 is 0 Å². The first-order valence-corrected chi connectivity index (χ1v) is 9.80. The molecule has 1 aromatic carbocycles. The Labute approximate surface area is 167 Å². The fourth-order valence-corrected chi connectivity index (χ4v) is 3.98. The summed E-state index contributed by atoms with van der Waals surface area (Å²) in [7, 11) is 3.10. The Balaban J connectivity index is 1.73. The highest BCUT2D eigenvalue weighted by Crippen LogP contribution is 2.31. The van der Waals surface area contributed by atoms with Crippen LogP contribution in [-0.2, 0) is 13.0 Å². The zero-order valence-corrected chi connectivity index (χ0v) is 17.2. The third-order valence-corrected chi connectivity index (χ3v) is 5.30. The highest BCUT2D eigenvalue weighted by Gasteiger charge is 2.27. The van der Waals surface area contributed by atoms with Crippen molar-refractivity contribution in [2.24, 2.45) is 0 Å². The molecule has 28 heavy (non-hydrogen) atoms. The number of anilines is 1. The molecule has 9 heteroatoms. The summed E-state index contributed by atoms with van der Waals surface area (Å²) < 4.78 is 10.5. The zero-order valence-electron chi connectivity index (χ0n) is 16.4. The quantitative estimate of drug-likeness (QED) is 0.799. The molecule has 0 saturated heterocycles. The van der Waals surface area contributed by atoms with E-state index in [4.69, 9.17) is 9.47 Å². The van der Waals surface area contributed by atoms with Gasteiger partial charge in [0.2, 0.25) is 0 Å². The van der Waals surface area contributed by atoms with E-state index in [1.807, 2.05) is 13.8 Å². The number of aromatic nitrogens is 1. The van der Waals surface area contributed by atoms with Crippen LogP contribution in [0.1, 0.15) is 34.8 Å². The molecule has 0 bridgehead atoms. The maximum atomic E-state index is 13.0. The number of methoxy groups -OCH3 is 2. The van der Waals surface area contributed by atoms with E-state index in [0.29, 0.717) is 41.7 Å². The number of ether oxygens (including phenoxy) is 2. The van der Waals surface area contributed by atoms with Crippen molar-refractivity contribution in [2.75, 3.05) is 26.1 Å². The molecule has 1 aliphatic heterocycles. The number of fused-ring (bicyclic) bond motifs is 1. The molecule has 0 unspecified atom stereocenters. The topological polar surface area (TPSA) is 92.8 Å². The van der Waals surface area contributed by atoms with Crippen LogP contribution in [0.2, 0.25) is 0 Å². The standard InChI is InChI=1S/C19H24N4O4S/c1-11(2)20-18(25)22-19-21-14-7-8-23(10-16(14)28-19)17(24)13-6-5-12(26-3)9-15(13)27-4/h5-6,9,11H,7-8,10H2,1-4H3,(H2,20,21,22,25). The Hall–Kier alpha value is -2.81. The van der Waals surface area contributed by atoms with E-state index in [9.17, 15) is 9.59 Å². The molecule has 0 fully saturated rings. The predicted octanol–water partition coefficient (Wildman–Crippen LogP) is 2.89. The number of carbonyl (C=O) groups is 2. The number of hydrogen-bond acceptors (Lipinski definition) is 6. The van der Waals surface area contributed by atoms with Gasteiger partial charge in [-0.25, -0.2) is 9.78 Å². The van der Waals surface area contributed by atoms with Gasteiger partial charge < -0.3 is 19.7 Å². The van der Waals surface area contributed by atoms with Crippen molar-refractivity contribution >= 4 is 28.4 Å². The number of benzene rings is 1. The third-order valence-electron chi connectivity index (χ3n) is 4.30. The first-order chi connectivity index (χ1) is 13.4. The SMILES string of the molecule is COc1ccc(C(=O)N2CCc3nc(NC(=O)NC(C)C)sc3C2)c(OC)c1. The van der Waals surface area contributed by atoms with Gasteiger partial charge in [-0.1, -0.05) is 11.3 Å². The van der Waals surface area contributed by atoms with Gasteiger partial charge in [0, 0.05) is 30.0 Å². The van der Waals surface area contributed by atoms with Crippen LogP contribution in [0.5, 0.6) is 11.5 Å². The lowest BCUT2D eigenvalue weighted by Gasteiger charge is -2.26. The highest BCUT2D eigenvalue weighted by molar-refractivity contribution is 7.15. The second kappa shape index (κ2) is 8.47. The van der Waals surface area contributed by atoms with Crippen molar-refractivity contribution in [3.05, 3.63) is 34.3 Å². The predicted molar refractivity (Wildman–Crippen MR) is 107 cm³/mol. The lowest BCUT2D eigenvalue weighted by molar-refractivity contribution is 0.0732. The number of nitrogens with zero attached hydrogens (tertiary/aromatic N) is 2. The van der Waals surface area contributed by atoms with Crippen molar-refractivity contribution in [3.8, 4) is 11.5 Å². The van der Waals surface area contributed by atoms with E-state index in [0.717, 1.165) is 10.6 Å². The minimum Gasteiger partial charge on any atom is -0.497 e. The van der Waals surface area contributed by atoms with Crippen LogP contribution < -0.4 is 20.1 Å². The van der Waals surface area contributed by atoms with Crippen LogP contribution in [0.25, 0.3) is 0 Å². The smallest absolute Gasteiger partial charge is 0.321 e. The minimum absolute atomic E-state index is 0.0437. The summed E-state index contributed by atoms with van der Waals surface area (Å²) >= 11 is 1.39. The maximum absolute atomic E-state index is 13.0. The Morgan fingerprint density at radius 2 is 2.04 bits per heavy atom. The van der Waals surface area contributed by atoms with Gasteiger partial charge >= 0.3 is 6.03 Å². The average molecular weight is 404 g/mol. The first kappa shape index (κ1) is 19.9. The van der Waals surface area contributed by atoms with Crippen LogP contribution in [0, 0.1) is 0 Å². The second-order valence-electron chi connectivity index (χ2n) is 6.68. The van der Waals surface area contributed by atoms with Crippen LogP contribution >= 0.6 is 11.3 Å². The summed E-state index contributed by atoms with van der Waals surface area (Å²) in [5.74, 6) is 1.00. The molecular formula is C19H24N4O4S. The summed E-state index contributed by atoms with van der Waals surface area (Å²) in [6.07, 6.45) is 0.642. The van der Waals surface area contributed by atoms with E-state index >= 15 is 0 Å². The molecule has 3 rings (SSSR count). The van der Waals surface area contributed by atoms with Gasteiger partial charge in [0.25, 0.3) is 5.91 Å². The number of thiazole rings is 1. The summed E-state index contributed by atoms with van der Waals surface area (Å²) in [6, 6.07) is 4.92. The fraction of sp³-hybridized carbons (Fsp3) is 0.421. The first-order valence-electron chi connectivity index (χ1n) is 8.98. The molecule has 1 aliphatic rings. The van der Waals surface area contributed by atoms with Crippen molar-refractivity contribution in [1.29, 1.82) is 0 Å². The molecular weight excluding hydrogens is 380 g/mol.